The number of hydroxylamine groups is 1. The second-order valence-corrected chi connectivity index (χ2v) is 11.0. The fourth-order valence-corrected chi connectivity index (χ4v) is 5.59. The summed E-state index contributed by atoms with van der Waals surface area (Å²) in [5, 5.41) is 8.15. The molecular formula is C35H37N7O4. The Kier molecular flexibility index (Phi) is 9.48. The first-order valence-corrected chi connectivity index (χ1v) is 15.2. The number of anilines is 5. The molecule has 6 rings (SSSR count). The zero-order chi connectivity index (χ0) is 31.9. The van der Waals surface area contributed by atoms with Gasteiger partial charge in [-0.3, -0.25) is 9.63 Å². The molecule has 0 aliphatic carbocycles. The van der Waals surface area contributed by atoms with E-state index in [0.29, 0.717) is 35.4 Å². The average Bonchev–Trinajstić information content (AvgIpc) is 3.57. The summed E-state index contributed by atoms with van der Waals surface area (Å²) in [4.78, 5) is 32.2. The van der Waals surface area contributed by atoms with Crippen molar-refractivity contribution in [3.8, 4) is 29.1 Å². The van der Waals surface area contributed by atoms with E-state index < -0.39 is 0 Å². The maximum absolute atomic E-state index is 12.6. The third kappa shape index (κ3) is 7.15. The lowest BCUT2D eigenvalue weighted by Crippen LogP contribution is -2.44. The molecule has 1 aromatic heterocycles. The SMILES string of the molecule is CC#CC(=O)Nc1cc(Nc2cc(N3OCC[C@@H]3c3cccc(Oc4ccccc4)c3)ncn2)c(OC)cc1N1CCN(C)CC1. The molecule has 1 amide bonds. The van der Waals surface area contributed by atoms with Crippen LogP contribution in [0.5, 0.6) is 17.2 Å². The molecule has 0 radical (unpaired) electrons. The van der Waals surface area contributed by atoms with Crippen LogP contribution in [0.2, 0.25) is 0 Å². The molecule has 11 heteroatoms. The number of piperazine rings is 1. The molecule has 0 unspecified atom stereocenters. The van der Waals surface area contributed by atoms with Crippen molar-refractivity contribution in [1.29, 1.82) is 0 Å². The number of benzene rings is 3. The highest BCUT2D eigenvalue weighted by Gasteiger charge is 2.30. The maximum Gasteiger partial charge on any atom is 0.300 e. The zero-order valence-corrected chi connectivity index (χ0v) is 26.2. The first kappa shape index (κ1) is 30.7. The molecule has 1 atom stereocenters. The fraction of sp³-hybridized carbons (Fsp3) is 0.286. The molecule has 2 N–H and O–H groups in total. The summed E-state index contributed by atoms with van der Waals surface area (Å²) in [5.41, 5.74) is 3.19. The van der Waals surface area contributed by atoms with Crippen molar-refractivity contribution in [2.45, 2.75) is 19.4 Å². The van der Waals surface area contributed by atoms with Crippen molar-refractivity contribution in [2.75, 3.05) is 67.5 Å². The van der Waals surface area contributed by atoms with Crippen molar-refractivity contribution in [1.82, 2.24) is 14.9 Å². The van der Waals surface area contributed by atoms with Crippen molar-refractivity contribution >= 4 is 34.6 Å². The van der Waals surface area contributed by atoms with E-state index in [-0.39, 0.29) is 11.9 Å². The van der Waals surface area contributed by atoms with Crippen LogP contribution < -0.4 is 30.1 Å². The summed E-state index contributed by atoms with van der Waals surface area (Å²) >= 11 is 0. The Morgan fingerprint density at radius 3 is 2.54 bits per heavy atom. The van der Waals surface area contributed by atoms with Gasteiger partial charge in [-0.05, 0) is 55.8 Å². The molecule has 0 bridgehead atoms. The number of aromatic nitrogens is 2. The van der Waals surface area contributed by atoms with Gasteiger partial charge in [0.25, 0.3) is 5.91 Å². The van der Waals surface area contributed by atoms with E-state index in [1.54, 1.807) is 14.0 Å². The molecule has 2 aliphatic heterocycles. The van der Waals surface area contributed by atoms with Crippen LogP contribution in [0.3, 0.4) is 0 Å². The minimum Gasteiger partial charge on any atom is -0.494 e. The maximum atomic E-state index is 12.6. The van der Waals surface area contributed by atoms with Gasteiger partial charge in [-0.2, -0.15) is 0 Å². The summed E-state index contributed by atoms with van der Waals surface area (Å²) < 4.78 is 11.9. The van der Waals surface area contributed by atoms with Crippen LogP contribution in [-0.4, -0.2) is 67.7 Å². The summed E-state index contributed by atoms with van der Waals surface area (Å²) in [6, 6.07) is 23.3. The standard InChI is InChI=1S/C35H37N7O4/c1-4-9-35(43)39-28-21-29(32(44-3)22-31(28)41-17-15-40(2)16-18-41)38-33-23-34(37-24-36-33)42-30(14-19-45-42)25-10-8-13-27(20-25)46-26-11-6-5-7-12-26/h5-8,10-13,20-24,30H,14-19H2,1-3H3,(H,39,43)(H,36,37,38)/t30-/m1/s1. The van der Waals surface area contributed by atoms with E-state index in [1.165, 1.54) is 6.33 Å². The predicted molar refractivity (Wildman–Crippen MR) is 179 cm³/mol. The number of hydrogen-bond donors (Lipinski definition) is 2. The van der Waals surface area contributed by atoms with Gasteiger partial charge in [-0.25, -0.2) is 15.0 Å². The topological polar surface area (TPSA) is 104 Å². The second-order valence-electron chi connectivity index (χ2n) is 11.0. The number of nitrogens with zero attached hydrogens (tertiary/aromatic N) is 5. The Hall–Kier alpha value is -5.31. The first-order valence-electron chi connectivity index (χ1n) is 15.2. The quantitative estimate of drug-likeness (QED) is 0.230. The number of para-hydroxylation sites is 1. The van der Waals surface area contributed by atoms with Gasteiger partial charge >= 0.3 is 0 Å². The van der Waals surface area contributed by atoms with Gasteiger partial charge in [0.15, 0.2) is 5.82 Å². The number of nitrogens with one attached hydrogen (secondary N) is 2. The number of carbonyl (C=O) groups excluding carboxylic acids is 1. The number of ether oxygens (including phenoxy) is 2. The summed E-state index contributed by atoms with van der Waals surface area (Å²) in [6.45, 7) is 5.66. The molecule has 4 aromatic rings. The van der Waals surface area contributed by atoms with Gasteiger partial charge in [0.2, 0.25) is 0 Å². The largest absolute Gasteiger partial charge is 0.494 e. The number of likely N-dealkylation sites (N-methyl/N-ethyl adjacent to an activating group) is 1. The van der Waals surface area contributed by atoms with Crippen molar-refractivity contribution in [3.63, 3.8) is 0 Å². The van der Waals surface area contributed by atoms with Gasteiger partial charge in [-0.1, -0.05) is 36.3 Å². The Bertz CT molecular complexity index is 1730. The van der Waals surface area contributed by atoms with Crippen LogP contribution in [0.25, 0.3) is 0 Å². The molecule has 11 nitrogen and oxygen atoms in total. The third-order valence-corrected chi connectivity index (χ3v) is 7.92. The van der Waals surface area contributed by atoms with E-state index in [2.05, 4.69) is 55.4 Å². The smallest absolute Gasteiger partial charge is 0.300 e. The van der Waals surface area contributed by atoms with Gasteiger partial charge < -0.3 is 29.9 Å². The molecule has 2 aliphatic rings. The van der Waals surface area contributed by atoms with Crippen molar-refractivity contribution < 1.29 is 19.1 Å². The van der Waals surface area contributed by atoms with Gasteiger partial charge in [0.05, 0.1) is 36.8 Å². The second kappa shape index (κ2) is 14.2. The number of hydrogen-bond acceptors (Lipinski definition) is 10. The number of rotatable bonds is 9. The normalized spacial score (nSPS) is 16.4. The zero-order valence-electron chi connectivity index (χ0n) is 26.2. The molecule has 0 spiro atoms. The molecule has 236 valence electrons. The highest BCUT2D eigenvalue weighted by Crippen LogP contribution is 2.40. The van der Waals surface area contributed by atoms with Crippen LogP contribution >= 0.6 is 0 Å². The molecule has 3 aromatic carbocycles. The van der Waals surface area contributed by atoms with Crippen LogP contribution in [0.1, 0.15) is 24.9 Å². The molecule has 3 heterocycles. The van der Waals surface area contributed by atoms with Gasteiger partial charge in [-0.15, -0.1) is 0 Å². The Balaban J connectivity index is 1.25. The molecule has 2 saturated heterocycles. The minimum absolute atomic E-state index is 0.0685. The van der Waals surface area contributed by atoms with Crippen LogP contribution in [-0.2, 0) is 9.63 Å². The van der Waals surface area contributed by atoms with E-state index >= 15 is 0 Å². The molecule has 2 fully saturated rings. The van der Waals surface area contributed by atoms with E-state index in [4.69, 9.17) is 14.3 Å². The van der Waals surface area contributed by atoms with E-state index in [9.17, 15) is 4.79 Å². The highest BCUT2D eigenvalue weighted by molar-refractivity contribution is 6.06. The number of methoxy groups -OCH3 is 1. The Labute approximate surface area is 269 Å². The van der Waals surface area contributed by atoms with Gasteiger partial charge in [0.1, 0.15) is 29.4 Å². The van der Waals surface area contributed by atoms with Crippen LogP contribution in [0.4, 0.5) is 28.7 Å². The third-order valence-electron chi connectivity index (χ3n) is 7.92. The Morgan fingerprint density at radius 2 is 1.76 bits per heavy atom. The predicted octanol–water partition coefficient (Wildman–Crippen LogP) is 5.62. The lowest BCUT2D eigenvalue weighted by atomic mass is 10.0. The van der Waals surface area contributed by atoms with Crippen molar-refractivity contribution in [3.05, 3.63) is 84.7 Å². The van der Waals surface area contributed by atoms with Crippen LogP contribution in [0.15, 0.2) is 79.1 Å². The molecule has 46 heavy (non-hydrogen) atoms. The fourth-order valence-electron chi connectivity index (χ4n) is 5.59. The summed E-state index contributed by atoms with van der Waals surface area (Å²) in [5.74, 6) is 8.14. The minimum atomic E-state index is -0.381. The van der Waals surface area contributed by atoms with Crippen molar-refractivity contribution in [2.24, 2.45) is 0 Å². The van der Waals surface area contributed by atoms with E-state index in [0.717, 1.165) is 55.3 Å². The summed E-state index contributed by atoms with van der Waals surface area (Å²) in [6.07, 6.45) is 2.28. The average molecular weight is 620 g/mol. The molecular weight excluding hydrogens is 582 g/mol. The number of carbonyl (C=O) groups is 1. The first-order chi connectivity index (χ1) is 22.5. The van der Waals surface area contributed by atoms with Gasteiger partial charge in [0, 0.05) is 44.7 Å². The Morgan fingerprint density at radius 1 is 0.957 bits per heavy atom. The number of amides is 1. The van der Waals surface area contributed by atoms with Crippen LogP contribution in [0, 0.1) is 11.8 Å². The highest BCUT2D eigenvalue weighted by atomic mass is 16.7. The lowest BCUT2D eigenvalue weighted by molar-refractivity contribution is -0.111. The lowest BCUT2D eigenvalue weighted by Gasteiger charge is -2.35. The van der Waals surface area contributed by atoms with E-state index in [1.807, 2.05) is 71.8 Å². The summed E-state index contributed by atoms with van der Waals surface area (Å²) in [7, 11) is 3.73. The molecule has 0 saturated carbocycles. The monoisotopic (exact) mass is 619 g/mol.